The quantitative estimate of drug-likeness (QED) is 0.528. The number of rotatable bonds is 11. The number of likely N-dealkylation sites (tertiary alicyclic amines) is 1. The second-order valence-electron chi connectivity index (χ2n) is 7.85. The summed E-state index contributed by atoms with van der Waals surface area (Å²) in [6.45, 7) is 9.62. The van der Waals surface area contributed by atoms with Crippen molar-refractivity contribution in [3.8, 4) is 0 Å². The fraction of sp³-hybridized carbons (Fsp3) is 0.947. The van der Waals surface area contributed by atoms with Gasteiger partial charge in [-0.15, -0.1) is 0 Å². The molecule has 0 N–H and O–H groups in total. The van der Waals surface area contributed by atoms with Crippen LogP contribution in [0, 0.1) is 5.41 Å². The van der Waals surface area contributed by atoms with E-state index in [0.29, 0.717) is 11.9 Å². The van der Waals surface area contributed by atoms with Gasteiger partial charge in [0.2, 0.25) is 0 Å². The average Bonchev–Trinajstić information content (AvgIpc) is 2.92. The SMILES string of the molecule is CO[C@@H]1CCN(CCCCCCCCCC(=O)C(C)(C)C)C1. The molecule has 1 aliphatic rings. The van der Waals surface area contributed by atoms with Crippen LogP contribution in [0.1, 0.15) is 78.6 Å². The molecule has 0 spiro atoms. The highest BCUT2D eigenvalue weighted by molar-refractivity contribution is 5.83. The molecule has 0 aromatic rings. The number of hydrogen-bond donors (Lipinski definition) is 0. The lowest BCUT2D eigenvalue weighted by molar-refractivity contribution is -0.126. The van der Waals surface area contributed by atoms with Crippen molar-refractivity contribution in [2.75, 3.05) is 26.7 Å². The zero-order chi connectivity index (χ0) is 16.4. The van der Waals surface area contributed by atoms with E-state index in [2.05, 4.69) is 4.90 Å². The lowest BCUT2D eigenvalue weighted by atomic mass is 9.88. The summed E-state index contributed by atoms with van der Waals surface area (Å²) in [5.41, 5.74) is -0.155. The van der Waals surface area contributed by atoms with Gasteiger partial charge in [-0.3, -0.25) is 4.79 Å². The van der Waals surface area contributed by atoms with Gasteiger partial charge in [0, 0.05) is 32.0 Å². The first-order valence-corrected chi connectivity index (χ1v) is 9.22. The number of nitrogens with zero attached hydrogens (tertiary/aromatic N) is 1. The number of carbonyl (C=O) groups excluding carboxylic acids is 1. The minimum Gasteiger partial charge on any atom is -0.380 e. The molecule has 1 saturated heterocycles. The Kier molecular flexibility index (Phi) is 9.27. The van der Waals surface area contributed by atoms with Crippen LogP contribution in [-0.4, -0.2) is 43.5 Å². The lowest BCUT2D eigenvalue weighted by Gasteiger charge is -2.16. The van der Waals surface area contributed by atoms with Crippen LogP contribution < -0.4 is 0 Å². The van der Waals surface area contributed by atoms with E-state index in [-0.39, 0.29) is 5.41 Å². The molecule has 0 amide bonds. The van der Waals surface area contributed by atoms with Crippen LogP contribution >= 0.6 is 0 Å². The zero-order valence-electron chi connectivity index (χ0n) is 15.3. The number of unbranched alkanes of at least 4 members (excludes halogenated alkanes) is 6. The number of hydrogen-bond acceptors (Lipinski definition) is 3. The zero-order valence-corrected chi connectivity index (χ0v) is 15.3. The molecular weight excluding hydrogens is 274 g/mol. The Morgan fingerprint density at radius 3 is 2.18 bits per heavy atom. The third-order valence-corrected chi connectivity index (χ3v) is 4.78. The highest BCUT2D eigenvalue weighted by atomic mass is 16.5. The molecule has 130 valence electrons. The van der Waals surface area contributed by atoms with Crippen molar-refractivity contribution in [3.05, 3.63) is 0 Å². The van der Waals surface area contributed by atoms with E-state index in [1.54, 1.807) is 0 Å². The molecule has 0 radical (unpaired) electrons. The van der Waals surface area contributed by atoms with Gasteiger partial charge in [-0.25, -0.2) is 0 Å². The third kappa shape index (κ3) is 8.28. The Balaban J connectivity index is 1.85. The maximum Gasteiger partial charge on any atom is 0.138 e. The minimum absolute atomic E-state index is 0.155. The Morgan fingerprint density at radius 1 is 1.05 bits per heavy atom. The maximum atomic E-state index is 11.8. The molecule has 0 aromatic carbocycles. The molecule has 1 fully saturated rings. The molecule has 3 heteroatoms. The number of methoxy groups -OCH3 is 1. The van der Waals surface area contributed by atoms with Crippen molar-refractivity contribution in [1.82, 2.24) is 4.90 Å². The number of carbonyl (C=O) groups is 1. The Hall–Kier alpha value is -0.410. The summed E-state index contributed by atoms with van der Waals surface area (Å²) >= 11 is 0. The first-order chi connectivity index (χ1) is 10.4. The van der Waals surface area contributed by atoms with E-state index in [0.717, 1.165) is 19.4 Å². The molecule has 1 heterocycles. The summed E-state index contributed by atoms with van der Waals surface area (Å²) in [6, 6.07) is 0. The molecule has 0 bridgehead atoms. The van der Waals surface area contributed by atoms with Gasteiger partial charge >= 0.3 is 0 Å². The third-order valence-electron chi connectivity index (χ3n) is 4.78. The molecule has 22 heavy (non-hydrogen) atoms. The largest absolute Gasteiger partial charge is 0.380 e. The first kappa shape index (κ1) is 19.6. The van der Waals surface area contributed by atoms with Gasteiger partial charge in [0.25, 0.3) is 0 Å². The Morgan fingerprint density at radius 2 is 1.64 bits per heavy atom. The highest BCUT2D eigenvalue weighted by Gasteiger charge is 2.21. The molecule has 0 aromatic heterocycles. The van der Waals surface area contributed by atoms with Crippen LogP contribution in [0.2, 0.25) is 0 Å². The smallest absolute Gasteiger partial charge is 0.138 e. The summed E-state index contributed by atoms with van der Waals surface area (Å²) in [5.74, 6) is 0.410. The van der Waals surface area contributed by atoms with Gasteiger partial charge in [-0.2, -0.15) is 0 Å². The standard InChI is InChI=1S/C19H37NO2/c1-19(2,3)18(21)12-10-8-6-5-7-9-11-14-20-15-13-17(16-20)22-4/h17H,5-16H2,1-4H3/t17-/m1/s1. The molecular formula is C19H37NO2. The van der Waals surface area contributed by atoms with Gasteiger partial charge < -0.3 is 9.64 Å². The van der Waals surface area contributed by atoms with E-state index in [1.807, 2.05) is 27.9 Å². The maximum absolute atomic E-state index is 11.8. The van der Waals surface area contributed by atoms with Crippen molar-refractivity contribution >= 4 is 5.78 Å². The van der Waals surface area contributed by atoms with Crippen LogP contribution in [0.5, 0.6) is 0 Å². The van der Waals surface area contributed by atoms with E-state index >= 15 is 0 Å². The molecule has 1 rings (SSSR count). The van der Waals surface area contributed by atoms with Crippen molar-refractivity contribution < 1.29 is 9.53 Å². The van der Waals surface area contributed by atoms with Crippen LogP contribution in [-0.2, 0) is 9.53 Å². The van der Waals surface area contributed by atoms with Crippen LogP contribution in [0.4, 0.5) is 0 Å². The molecule has 0 unspecified atom stereocenters. The van der Waals surface area contributed by atoms with Gasteiger partial charge in [0.15, 0.2) is 0 Å². The van der Waals surface area contributed by atoms with E-state index in [4.69, 9.17) is 4.74 Å². The lowest BCUT2D eigenvalue weighted by Crippen LogP contribution is -2.23. The van der Waals surface area contributed by atoms with Gasteiger partial charge in [-0.05, 0) is 25.8 Å². The molecule has 0 saturated carbocycles. The molecule has 1 atom stereocenters. The summed E-state index contributed by atoms with van der Waals surface area (Å²) in [5, 5.41) is 0. The fourth-order valence-electron chi connectivity index (χ4n) is 3.07. The van der Waals surface area contributed by atoms with Crippen LogP contribution in [0.3, 0.4) is 0 Å². The number of ether oxygens (including phenoxy) is 1. The summed E-state index contributed by atoms with van der Waals surface area (Å²) in [6.07, 6.45) is 11.3. The second kappa shape index (κ2) is 10.4. The Bertz CT molecular complexity index is 309. The molecule has 3 nitrogen and oxygen atoms in total. The van der Waals surface area contributed by atoms with Crippen molar-refractivity contribution in [2.24, 2.45) is 5.41 Å². The van der Waals surface area contributed by atoms with Crippen molar-refractivity contribution in [3.63, 3.8) is 0 Å². The van der Waals surface area contributed by atoms with Crippen molar-refractivity contribution in [1.29, 1.82) is 0 Å². The Labute approximate surface area is 137 Å². The van der Waals surface area contributed by atoms with Crippen LogP contribution in [0.25, 0.3) is 0 Å². The second-order valence-corrected chi connectivity index (χ2v) is 7.85. The molecule has 0 aliphatic carbocycles. The molecule has 1 aliphatic heterocycles. The number of Topliss-reactive ketones (excluding diaryl/α,β-unsaturated/α-hetero) is 1. The number of ketones is 1. The topological polar surface area (TPSA) is 29.5 Å². The van der Waals surface area contributed by atoms with Gasteiger partial charge in [-0.1, -0.05) is 52.9 Å². The van der Waals surface area contributed by atoms with E-state index in [9.17, 15) is 4.79 Å². The summed E-state index contributed by atoms with van der Waals surface area (Å²) < 4.78 is 5.40. The predicted octanol–water partition coefficient (Wildman–Crippen LogP) is 4.44. The monoisotopic (exact) mass is 311 g/mol. The normalized spacial score (nSPS) is 19.7. The average molecular weight is 312 g/mol. The highest BCUT2D eigenvalue weighted by Crippen LogP contribution is 2.19. The van der Waals surface area contributed by atoms with Crippen molar-refractivity contribution in [2.45, 2.75) is 84.7 Å². The van der Waals surface area contributed by atoms with Crippen LogP contribution in [0.15, 0.2) is 0 Å². The fourth-order valence-corrected chi connectivity index (χ4v) is 3.07. The minimum atomic E-state index is -0.155. The van der Waals surface area contributed by atoms with E-state index in [1.165, 1.54) is 58.0 Å². The summed E-state index contributed by atoms with van der Waals surface area (Å²) in [4.78, 5) is 14.3. The van der Waals surface area contributed by atoms with Gasteiger partial charge in [0.1, 0.15) is 5.78 Å². The summed E-state index contributed by atoms with van der Waals surface area (Å²) in [7, 11) is 1.82. The first-order valence-electron chi connectivity index (χ1n) is 9.22. The predicted molar refractivity (Wildman–Crippen MR) is 93.3 cm³/mol. The van der Waals surface area contributed by atoms with E-state index < -0.39 is 0 Å². The van der Waals surface area contributed by atoms with Gasteiger partial charge in [0.05, 0.1) is 6.10 Å².